The van der Waals surface area contributed by atoms with Gasteiger partial charge in [-0.1, -0.05) is 12.1 Å². The molecule has 1 aliphatic rings. The highest BCUT2D eigenvalue weighted by Gasteiger charge is 2.31. The number of pyridine rings is 1. The predicted molar refractivity (Wildman–Crippen MR) is 111 cm³/mol. The quantitative estimate of drug-likeness (QED) is 0.699. The normalized spacial score (nSPS) is 15.8. The number of ether oxygens (including phenoxy) is 2. The molecule has 0 spiro atoms. The number of aromatic amines is 1. The molecule has 8 heteroatoms. The molecule has 1 fully saturated rings. The Morgan fingerprint density at radius 3 is 2.80 bits per heavy atom. The highest BCUT2D eigenvalue weighted by molar-refractivity contribution is 5.97. The molecule has 1 saturated heterocycles. The van der Waals surface area contributed by atoms with Gasteiger partial charge in [-0.25, -0.2) is 9.97 Å². The van der Waals surface area contributed by atoms with Gasteiger partial charge in [0.15, 0.2) is 0 Å². The third-order valence-electron chi connectivity index (χ3n) is 5.20. The van der Waals surface area contributed by atoms with Crippen molar-refractivity contribution in [2.45, 2.75) is 12.3 Å². The Balaban J connectivity index is 1.60. The molecule has 1 amide bonds. The van der Waals surface area contributed by atoms with Gasteiger partial charge in [-0.05, 0) is 30.7 Å². The lowest BCUT2D eigenvalue weighted by Gasteiger charge is -2.18. The van der Waals surface area contributed by atoms with Crippen LogP contribution in [-0.4, -0.2) is 53.1 Å². The molecule has 0 aliphatic carbocycles. The van der Waals surface area contributed by atoms with Crippen LogP contribution in [0, 0.1) is 0 Å². The van der Waals surface area contributed by atoms with Crippen molar-refractivity contribution in [1.82, 2.24) is 19.9 Å². The van der Waals surface area contributed by atoms with Crippen LogP contribution in [0.25, 0.3) is 11.3 Å². The van der Waals surface area contributed by atoms with E-state index in [9.17, 15) is 9.59 Å². The fraction of sp³-hybridized carbons (Fsp3) is 0.273. The zero-order valence-electron chi connectivity index (χ0n) is 16.8. The number of aromatic nitrogens is 3. The Labute approximate surface area is 173 Å². The summed E-state index contributed by atoms with van der Waals surface area (Å²) >= 11 is 0. The van der Waals surface area contributed by atoms with Gasteiger partial charge in [0.05, 0.1) is 31.0 Å². The summed E-state index contributed by atoms with van der Waals surface area (Å²) in [7, 11) is 3.07. The number of H-pyrrole nitrogens is 1. The van der Waals surface area contributed by atoms with E-state index in [0.29, 0.717) is 53.8 Å². The summed E-state index contributed by atoms with van der Waals surface area (Å²) in [5, 5.41) is 0. The molecule has 30 heavy (non-hydrogen) atoms. The van der Waals surface area contributed by atoms with Gasteiger partial charge in [0.2, 0.25) is 5.88 Å². The SMILES string of the molecule is COc1ccccc1C(=O)N1CC[C@H](c2nc(-c3cccnc3OC)cc(=O)[nH]2)C1. The Bertz CT molecular complexity index is 1130. The van der Waals surface area contributed by atoms with Crippen LogP contribution < -0.4 is 15.0 Å². The molecular formula is C22H22N4O4. The lowest BCUT2D eigenvalue weighted by Crippen LogP contribution is -2.29. The Hall–Kier alpha value is -3.68. The molecule has 0 saturated carbocycles. The van der Waals surface area contributed by atoms with Gasteiger partial charge in [-0.3, -0.25) is 9.59 Å². The fourth-order valence-electron chi connectivity index (χ4n) is 3.72. The fourth-order valence-corrected chi connectivity index (χ4v) is 3.72. The van der Waals surface area contributed by atoms with Crippen molar-refractivity contribution >= 4 is 5.91 Å². The van der Waals surface area contributed by atoms with E-state index in [2.05, 4.69) is 15.0 Å². The number of hydrogen-bond acceptors (Lipinski definition) is 6. The third kappa shape index (κ3) is 3.76. The highest BCUT2D eigenvalue weighted by Crippen LogP contribution is 2.30. The number of nitrogens with one attached hydrogen (secondary N) is 1. The van der Waals surface area contributed by atoms with Crippen molar-refractivity contribution in [3.63, 3.8) is 0 Å². The molecule has 1 N–H and O–H groups in total. The summed E-state index contributed by atoms with van der Waals surface area (Å²) in [6, 6.07) is 12.2. The number of amides is 1. The molecule has 2 aromatic heterocycles. The monoisotopic (exact) mass is 406 g/mol. The largest absolute Gasteiger partial charge is 0.496 e. The van der Waals surface area contributed by atoms with Crippen LogP contribution in [0.1, 0.15) is 28.5 Å². The van der Waals surface area contributed by atoms with E-state index in [1.807, 2.05) is 18.2 Å². The first kappa shape index (κ1) is 19.6. The van der Waals surface area contributed by atoms with Crippen LogP contribution in [-0.2, 0) is 0 Å². The van der Waals surface area contributed by atoms with Crippen LogP contribution in [0.4, 0.5) is 0 Å². The molecule has 3 heterocycles. The Morgan fingerprint density at radius 2 is 2.00 bits per heavy atom. The van der Waals surface area contributed by atoms with Gasteiger partial charge < -0.3 is 19.4 Å². The Morgan fingerprint density at radius 1 is 1.17 bits per heavy atom. The summed E-state index contributed by atoms with van der Waals surface area (Å²) in [5.74, 6) is 1.34. The van der Waals surface area contributed by atoms with Gasteiger partial charge >= 0.3 is 0 Å². The minimum Gasteiger partial charge on any atom is -0.496 e. The van der Waals surface area contributed by atoms with E-state index in [-0.39, 0.29) is 17.4 Å². The molecule has 1 atom stereocenters. The maximum atomic E-state index is 13.0. The number of nitrogens with zero attached hydrogens (tertiary/aromatic N) is 3. The molecule has 1 aliphatic heterocycles. The maximum Gasteiger partial charge on any atom is 0.257 e. The Kier molecular flexibility index (Phi) is 5.47. The molecule has 154 valence electrons. The van der Waals surface area contributed by atoms with Gasteiger partial charge in [-0.2, -0.15) is 0 Å². The van der Waals surface area contributed by atoms with Gasteiger partial charge in [-0.15, -0.1) is 0 Å². The van der Waals surface area contributed by atoms with E-state index in [4.69, 9.17) is 9.47 Å². The number of carbonyl (C=O) groups excluding carboxylic acids is 1. The van der Waals surface area contributed by atoms with Crippen molar-refractivity contribution < 1.29 is 14.3 Å². The van der Waals surface area contributed by atoms with Crippen molar-refractivity contribution in [1.29, 1.82) is 0 Å². The van der Waals surface area contributed by atoms with E-state index in [1.165, 1.54) is 13.2 Å². The zero-order chi connectivity index (χ0) is 21.1. The number of benzene rings is 1. The van der Waals surface area contributed by atoms with E-state index >= 15 is 0 Å². The molecule has 0 unspecified atom stereocenters. The molecule has 0 bridgehead atoms. The van der Waals surface area contributed by atoms with Crippen LogP contribution in [0.3, 0.4) is 0 Å². The lowest BCUT2D eigenvalue weighted by atomic mass is 10.1. The topological polar surface area (TPSA) is 97.4 Å². The summed E-state index contributed by atoms with van der Waals surface area (Å²) in [6.07, 6.45) is 2.33. The second-order valence-electron chi connectivity index (χ2n) is 7.01. The molecule has 8 nitrogen and oxygen atoms in total. The molecule has 1 aromatic carbocycles. The maximum absolute atomic E-state index is 13.0. The number of carbonyl (C=O) groups is 1. The number of hydrogen-bond donors (Lipinski definition) is 1. The molecule has 4 rings (SSSR count). The first-order chi connectivity index (χ1) is 14.6. The van der Waals surface area contributed by atoms with Crippen molar-refractivity contribution in [2.24, 2.45) is 0 Å². The van der Waals surface area contributed by atoms with Crippen LogP contribution >= 0.6 is 0 Å². The minimum atomic E-state index is -0.254. The summed E-state index contributed by atoms with van der Waals surface area (Å²) in [5.41, 5.74) is 1.41. The molecule has 3 aromatic rings. The zero-order valence-corrected chi connectivity index (χ0v) is 16.8. The van der Waals surface area contributed by atoms with Crippen molar-refractivity contribution in [3.8, 4) is 22.9 Å². The second-order valence-corrected chi connectivity index (χ2v) is 7.01. The predicted octanol–water partition coefficient (Wildman–Crippen LogP) is 2.48. The van der Waals surface area contributed by atoms with Gasteiger partial charge in [0.1, 0.15) is 11.6 Å². The summed E-state index contributed by atoms with van der Waals surface area (Å²) < 4.78 is 10.6. The highest BCUT2D eigenvalue weighted by atomic mass is 16.5. The van der Waals surface area contributed by atoms with Gasteiger partial charge in [0.25, 0.3) is 11.5 Å². The first-order valence-corrected chi connectivity index (χ1v) is 9.63. The standard InChI is InChI=1S/C22H22N4O4/c1-29-18-8-4-3-6-16(18)22(28)26-11-9-14(13-26)20-24-17(12-19(27)25-20)15-7-5-10-23-21(15)30-2/h3-8,10,12,14H,9,11,13H2,1-2H3,(H,24,25,27)/t14-/m0/s1. The average molecular weight is 406 g/mol. The lowest BCUT2D eigenvalue weighted by molar-refractivity contribution is 0.0787. The molecular weight excluding hydrogens is 384 g/mol. The van der Waals surface area contributed by atoms with Crippen LogP contribution in [0.15, 0.2) is 53.5 Å². The number of likely N-dealkylation sites (tertiary alicyclic amines) is 1. The smallest absolute Gasteiger partial charge is 0.257 e. The summed E-state index contributed by atoms with van der Waals surface area (Å²) in [6.45, 7) is 1.04. The second kappa shape index (κ2) is 8.36. The van der Waals surface area contributed by atoms with Crippen molar-refractivity contribution in [2.75, 3.05) is 27.3 Å². The number of rotatable bonds is 5. The summed E-state index contributed by atoms with van der Waals surface area (Å²) in [4.78, 5) is 38.7. The van der Waals surface area contributed by atoms with Crippen LogP contribution in [0.5, 0.6) is 11.6 Å². The van der Waals surface area contributed by atoms with Crippen LogP contribution in [0.2, 0.25) is 0 Å². The average Bonchev–Trinajstić information content (AvgIpc) is 3.28. The third-order valence-corrected chi connectivity index (χ3v) is 5.20. The number of methoxy groups -OCH3 is 2. The van der Waals surface area contributed by atoms with Gasteiger partial charge in [0, 0.05) is 31.3 Å². The van der Waals surface area contributed by atoms with Crippen molar-refractivity contribution in [3.05, 3.63) is 70.4 Å². The minimum absolute atomic E-state index is 0.0704. The number of para-hydroxylation sites is 1. The van der Waals surface area contributed by atoms with E-state index < -0.39 is 0 Å². The molecule has 0 radical (unpaired) electrons. The first-order valence-electron chi connectivity index (χ1n) is 9.63. The van der Waals surface area contributed by atoms with E-state index in [1.54, 1.807) is 36.4 Å². The van der Waals surface area contributed by atoms with E-state index in [0.717, 1.165) is 0 Å².